The summed E-state index contributed by atoms with van der Waals surface area (Å²) in [6, 6.07) is 3.89. The van der Waals surface area contributed by atoms with E-state index in [-0.39, 0.29) is 11.8 Å². The van der Waals surface area contributed by atoms with Gasteiger partial charge in [0.25, 0.3) is 0 Å². The molecule has 7 heteroatoms. The summed E-state index contributed by atoms with van der Waals surface area (Å²) in [7, 11) is 0. The van der Waals surface area contributed by atoms with Gasteiger partial charge in [-0.2, -0.15) is 4.98 Å². The van der Waals surface area contributed by atoms with E-state index in [1.807, 2.05) is 17.5 Å². The van der Waals surface area contributed by atoms with Crippen LogP contribution in [0.15, 0.2) is 23.7 Å². The van der Waals surface area contributed by atoms with Crippen LogP contribution in [0.25, 0.3) is 0 Å². The SMILES string of the molecule is OCNc1nc(OCc2cccs2)ncc1F. The molecule has 2 N–H and O–H groups in total. The third-order valence-electron chi connectivity index (χ3n) is 1.89. The van der Waals surface area contributed by atoms with Crippen molar-refractivity contribution in [2.45, 2.75) is 6.61 Å². The van der Waals surface area contributed by atoms with E-state index in [4.69, 9.17) is 9.84 Å². The first kappa shape index (κ1) is 11.7. The van der Waals surface area contributed by atoms with Gasteiger partial charge in [-0.05, 0) is 11.4 Å². The highest BCUT2D eigenvalue weighted by Crippen LogP contribution is 2.15. The van der Waals surface area contributed by atoms with Crippen molar-refractivity contribution >= 4 is 17.2 Å². The minimum atomic E-state index is -0.637. The first-order valence-electron chi connectivity index (χ1n) is 4.82. The monoisotopic (exact) mass is 255 g/mol. The van der Waals surface area contributed by atoms with Crippen LogP contribution in [0.3, 0.4) is 0 Å². The van der Waals surface area contributed by atoms with Gasteiger partial charge in [-0.1, -0.05) is 6.07 Å². The van der Waals surface area contributed by atoms with Crippen molar-refractivity contribution in [3.63, 3.8) is 0 Å². The van der Waals surface area contributed by atoms with Gasteiger partial charge >= 0.3 is 6.01 Å². The molecule has 0 saturated carbocycles. The fraction of sp³-hybridized carbons (Fsp3) is 0.200. The van der Waals surface area contributed by atoms with Crippen LogP contribution < -0.4 is 10.1 Å². The zero-order valence-electron chi connectivity index (χ0n) is 8.76. The number of nitrogens with zero attached hydrogens (tertiary/aromatic N) is 2. The Bertz CT molecular complexity index is 478. The molecule has 5 nitrogen and oxygen atoms in total. The van der Waals surface area contributed by atoms with Gasteiger partial charge in [-0.25, -0.2) is 9.37 Å². The summed E-state index contributed by atoms with van der Waals surface area (Å²) in [5.74, 6) is -0.716. The predicted octanol–water partition coefficient (Wildman–Crippen LogP) is 1.62. The third kappa shape index (κ3) is 3.11. The second kappa shape index (κ2) is 5.55. The Balaban J connectivity index is 2.03. The fourth-order valence-corrected chi connectivity index (χ4v) is 1.77. The molecule has 2 rings (SSSR count). The average Bonchev–Trinajstić information content (AvgIpc) is 2.83. The second-order valence-electron chi connectivity index (χ2n) is 3.05. The summed E-state index contributed by atoms with van der Waals surface area (Å²) < 4.78 is 18.4. The first-order chi connectivity index (χ1) is 8.29. The van der Waals surface area contributed by atoms with E-state index in [0.29, 0.717) is 6.61 Å². The summed E-state index contributed by atoms with van der Waals surface area (Å²) in [6.45, 7) is -0.0693. The maximum Gasteiger partial charge on any atom is 0.318 e. The molecule has 2 aromatic heterocycles. The Labute approximate surface area is 101 Å². The van der Waals surface area contributed by atoms with Crippen LogP contribution in [0.2, 0.25) is 0 Å². The van der Waals surface area contributed by atoms with Crippen LogP contribution in [0.5, 0.6) is 6.01 Å². The Morgan fingerprint density at radius 2 is 2.41 bits per heavy atom. The van der Waals surface area contributed by atoms with Crippen LogP contribution in [-0.4, -0.2) is 21.8 Å². The highest BCUT2D eigenvalue weighted by atomic mass is 32.1. The largest absolute Gasteiger partial charge is 0.458 e. The molecule has 0 bridgehead atoms. The number of aromatic nitrogens is 2. The lowest BCUT2D eigenvalue weighted by Crippen LogP contribution is -2.07. The van der Waals surface area contributed by atoms with E-state index in [2.05, 4.69) is 15.3 Å². The lowest BCUT2D eigenvalue weighted by Gasteiger charge is -2.06. The van der Waals surface area contributed by atoms with Gasteiger partial charge in [0.05, 0.1) is 6.20 Å². The van der Waals surface area contributed by atoms with Crippen molar-refractivity contribution in [2.75, 3.05) is 12.0 Å². The van der Waals surface area contributed by atoms with Crippen molar-refractivity contribution in [3.05, 3.63) is 34.4 Å². The van der Waals surface area contributed by atoms with Gasteiger partial charge < -0.3 is 15.2 Å². The van der Waals surface area contributed by atoms with Crippen molar-refractivity contribution in [2.24, 2.45) is 0 Å². The molecule has 90 valence electrons. The zero-order valence-corrected chi connectivity index (χ0v) is 9.58. The summed E-state index contributed by atoms with van der Waals surface area (Å²) in [4.78, 5) is 8.50. The summed E-state index contributed by atoms with van der Waals surface area (Å²) in [5, 5.41) is 12.9. The van der Waals surface area contributed by atoms with Gasteiger partial charge in [0, 0.05) is 4.88 Å². The Kier molecular flexibility index (Phi) is 3.84. The molecular formula is C10H10FN3O2S. The number of hydrogen-bond acceptors (Lipinski definition) is 6. The topological polar surface area (TPSA) is 67.3 Å². The van der Waals surface area contributed by atoms with E-state index >= 15 is 0 Å². The van der Waals surface area contributed by atoms with E-state index < -0.39 is 12.5 Å². The molecule has 0 aliphatic heterocycles. The maximum atomic E-state index is 13.1. The molecule has 0 spiro atoms. The number of aliphatic hydroxyl groups is 1. The lowest BCUT2D eigenvalue weighted by molar-refractivity contribution is 0.282. The normalized spacial score (nSPS) is 10.2. The maximum absolute atomic E-state index is 13.1. The molecule has 0 aliphatic rings. The number of halogens is 1. The number of thiophene rings is 1. The highest BCUT2D eigenvalue weighted by molar-refractivity contribution is 7.09. The number of anilines is 1. The Hall–Kier alpha value is -1.73. The Morgan fingerprint density at radius 1 is 1.53 bits per heavy atom. The van der Waals surface area contributed by atoms with Crippen LogP contribution >= 0.6 is 11.3 Å². The van der Waals surface area contributed by atoms with Crippen LogP contribution in [0.4, 0.5) is 10.2 Å². The van der Waals surface area contributed by atoms with E-state index in [1.54, 1.807) is 11.3 Å². The van der Waals surface area contributed by atoms with Crippen LogP contribution in [0.1, 0.15) is 4.88 Å². The number of hydrogen-bond donors (Lipinski definition) is 2. The van der Waals surface area contributed by atoms with Crippen LogP contribution in [-0.2, 0) is 6.61 Å². The number of nitrogens with one attached hydrogen (secondary N) is 1. The van der Waals surface area contributed by atoms with Crippen molar-refractivity contribution in [3.8, 4) is 6.01 Å². The fourth-order valence-electron chi connectivity index (χ4n) is 1.15. The van der Waals surface area contributed by atoms with E-state index in [1.165, 1.54) is 0 Å². The van der Waals surface area contributed by atoms with Gasteiger partial charge in [-0.15, -0.1) is 11.3 Å². The molecule has 0 radical (unpaired) electrons. The van der Waals surface area contributed by atoms with Crippen LogP contribution in [0, 0.1) is 5.82 Å². The van der Waals surface area contributed by atoms with E-state index in [9.17, 15) is 4.39 Å². The summed E-state index contributed by atoms with van der Waals surface area (Å²) in [5.41, 5.74) is 0. The van der Waals surface area contributed by atoms with Gasteiger partial charge in [0.1, 0.15) is 13.3 Å². The molecule has 2 aromatic rings. The predicted molar refractivity (Wildman–Crippen MR) is 61.3 cm³/mol. The first-order valence-corrected chi connectivity index (χ1v) is 5.70. The van der Waals surface area contributed by atoms with Gasteiger partial charge in [-0.3, -0.25) is 0 Å². The van der Waals surface area contributed by atoms with Crippen molar-refractivity contribution < 1.29 is 14.2 Å². The molecule has 0 fully saturated rings. The molecular weight excluding hydrogens is 245 g/mol. The zero-order chi connectivity index (χ0) is 12.1. The van der Waals surface area contributed by atoms with Gasteiger partial charge in [0.15, 0.2) is 11.6 Å². The Morgan fingerprint density at radius 3 is 3.12 bits per heavy atom. The molecule has 2 heterocycles. The smallest absolute Gasteiger partial charge is 0.318 e. The van der Waals surface area contributed by atoms with Gasteiger partial charge in [0.2, 0.25) is 0 Å². The number of ether oxygens (including phenoxy) is 1. The van der Waals surface area contributed by atoms with Crippen molar-refractivity contribution in [1.82, 2.24) is 9.97 Å². The second-order valence-corrected chi connectivity index (χ2v) is 4.08. The number of rotatable bonds is 5. The molecule has 17 heavy (non-hydrogen) atoms. The summed E-state index contributed by atoms with van der Waals surface area (Å²) >= 11 is 1.55. The molecule has 0 unspecified atom stereocenters. The van der Waals surface area contributed by atoms with Crippen molar-refractivity contribution in [1.29, 1.82) is 0 Å². The molecule has 0 saturated heterocycles. The van der Waals surface area contributed by atoms with E-state index in [0.717, 1.165) is 11.1 Å². The standard InChI is InChI=1S/C10H10FN3O2S/c11-8-4-12-10(14-9(8)13-6-15)16-5-7-2-1-3-17-7/h1-4,15H,5-6H2,(H,12,13,14). The minimum absolute atomic E-state index is 0.0655. The molecule has 0 aliphatic carbocycles. The lowest BCUT2D eigenvalue weighted by atomic mass is 10.5. The third-order valence-corrected chi connectivity index (χ3v) is 2.74. The molecule has 0 aromatic carbocycles. The molecule has 0 amide bonds. The quantitative estimate of drug-likeness (QED) is 0.795. The summed E-state index contributed by atoms with van der Waals surface area (Å²) in [6.07, 6.45) is 0.995. The highest BCUT2D eigenvalue weighted by Gasteiger charge is 2.07. The average molecular weight is 255 g/mol. The molecule has 0 atom stereocenters. The number of aliphatic hydroxyl groups excluding tert-OH is 1. The minimum Gasteiger partial charge on any atom is -0.458 e.